The average Bonchev–Trinajstić information content (AvgIpc) is 2.83. The van der Waals surface area contributed by atoms with Gasteiger partial charge in [0.15, 0.2) is 0 Å². The van der Waals surface area contributed by atoms with E-state index in [0.717, 1.165) is 5.56 Å². The molecule has 0 spiro atoms. The molecular weight excluding hydrogens is 444 g/mol. The summed E-state index contributed by atoms with van der Waals surface area (Å²) in [6, 6.07) is 13.8. The van der Waals surface area contributed by atoms with Crippen molar-refractivity contribution in [2.24, 2.45) is 0 Å². The summed E-state index contributed by atoms with van der Waals surface area (Å²) in [5, 5.41) is 5.38. The SMILES string of the molecule is CCNC(=O)c1cc(S(=O)(=O)Nc2ccccc2C(=O)NCc2cccnc2)ccc1OC. The van der Waals surface area contributed by atoms with Gasteiger partial charge in [-0.3, -0.25) is 19.3 Å². The number of aromatic nitrogens is 1. The van der Waals surface area contributed by atoms with E-state index in [9.17, 15) is 18.0 Å². The first-order valence-corrected chi connectivity index (χ1v) is 11.6. The van der Waals surface area contributed by atoms with E-state index in [-0.39, 0.29) is 34.0 Å². The number of hydrogen-bond acceptors (Lipinski definition) is 6. The zero-order valence-electron chi connectivity index (χ0n) is 18.2. The van der Waals surface area contributed by atoms with Crippen molar-refractivity contribution in [2.75, 3.05) is 18.4 Å². The maximum atomic E-state index is 13.1. The number of rotatable bonds is 9. The Bertz CT molecular complexity index is 1250. The molecule has 9 nitrogen and oxygen atoms in total. The third-order valence-electron chi connectivity index (χ3n) is 4.66. The molecule has 0 saturated heterocycles. The third kappa shape index (κ3) is 5.86. The molecule has 33 heavy (non-hydrogen) atoms. The second-order valence-corrected chi connectivity index (χ2v) is 8.60. The van der Waals surface area contributed by atoms with Crippen molar-refractivity contribution >= 4 is 27.5 Å². The van der Waals surface area contributed by atoms with E-state index < -0.39 is 21.8 Å². The van der Waals surface area contributed by atoms with Gasteiger partial charge < -0.3 is 15.4 Å². The molecule has 0 fully saturated rings. The van der Waals surface area contributed by atoms with E-state index in [1.54, 1.807) is 37.5 Å². The fourth-order valence-corrected chi connectivity index (χ4v) is 4.15. The summed E-state index contributed by atoms with van der Waals surface area (Å²) in [5.74, 6) is -0.661. The molecule has 3 rings (SSSR count). The summed E-state index contributed by atoms with van der Waals surface area (Å²) in [4.78, 5) is 28.9. The van der Waals surface area contributed by atoms with Crippen molar-refractivity contribution in [1.82, 2.24) is 15.6 Å². The Morgan fingerprint density at radius 3 is 2.42 bits per heavy atom. The average molecular weight is 469 g/mol. The van der Waals surface area contributed by atoms with Crippen LogP contribution in [0.1, 0.15) is 33.2 Å². The Morgan fingerprint density at radius 2 is 1.73 bits per heavy atom. The van der Waals surface area contributed by atoms with Gasteiger partial charge in [0, 0.05) is 25.5 Å². The molecule has 0 aliphatic heterocycles. The molecule has 0 saturated carbocycles. The van der Waals surface area contributed by atoms with Gasteiger partial charge >= 0.3 is 0 Å². The minimum atomic E-state index is -4.11. The van der Waals surface area contributed by atoms with Crippen molar-refractivity contribution in [2.45, 2.75) is 18.4 Å². The van der Waals surface area contributed by atoms with Crippen LogP contribution >= 0.6 is 0 Å². The number of nitrogens with one attached hydrogen (secondary N) is 3. The highest BCUT2D eigenvalue weighted by Crippen LogP contribution is 2.25. The lowest BCUT2D eigenvalue weighted by Gasteiger charge is -2.14. The van der Waals surface area contributed by atoms with E-state index in [4.69, 9.17) is 4.74 Å². The summed E-state index contributed by atoms with van der Waals surface area (Å²) in [6.45, 7) is 2.36. The number of anilines is 1. The van der Waals surface area contributed by atoms with E-state index in [2.05, 4.69) is 20.3 Å². The van der Waals surface area contributed by atoms with Crippen LogP contribution in [0.4, 0.5) is 5.69 Å². The molecule has 0 aliphatic rings. The third-order valence-corrected chi connectivity index (χ3v) is 6.02. The van der Waals surface area contributed by atoms with Crippen LogP contribution in [0.2, 0.25) is 0 Å². The predicted octanol–water partition coefficient (Wildman–Crippen LogP) is 2.57. The van der Waals surface area contributed by atoms with Crippen molar-refractivity contribution < 1.29 is 22.7 Å². The Morgan fingerprint density at radius 1 is 0.970 bits per heavy atom. The Kier molecular flexibility index (Phi) is 7.62. The van der Waals surface area contributed by atoms with Gasteiger partial charge in [-0.05, 0) is 48.9 Å². The summed E-state index contributed by atoms with van der Waals surface area (Å²) in [7, 11) is -2.71. The van der Waals surface area contributed by atoms with Crippen LogP contribution < -0.4 is 20.1 Å². The van der Waals surface area contributed by atoms with Gasteiger partial charge in [-0.25, -0.2) is 8.42 Å². The van der Waals surface area contributed by atoms with Crippen molar-refractivity contribution in [1.29, 1.82) is 0 Å². The highest BCUT2D eigenvalue weighted by molar-refractivity contribution is 7.92. The van der Waals surface area contributed by atoms with Crippen molar-refractivity contribution in [3.8, 4) is 5.75 Å². The molecule has 0 radical (unpaired) electrons. The Balaban J connectivity index is 1.85. The van der Waals surface area contributed by atoms with E-state index in [1.165, 1.54) is 37.4 Å². The molecule has 0 unspecified atom stereocenters. The monoisotopic (exact) mass is 468 g/mol. The molecule has 0 aliphatic carbocycles. The van der Waals surface area contributed by atoms with Gasteiger partial charge in [0.2, 0.25) is 0 Å². The first-order chi connectivity index (χ1) is 15.9. The molecular formula is C23H24N4O5S. The van der Waals surface area contributed by atoms with Crippen LogP contribution in [-0.4, -0.2) is 38.9 Å². The van der Waals surface area contributed by atoms with E-state index in [0.29, 0.717) is 6.54 Å². The topological polar surface area (TPSA) is 126 Å². The second-order valence-electron chi connectivity index (χ2n) is 6.92. The first-order valence-electron chi connectivity index (χ1n) is 10.1. The van der Waals surface area contributed by atoms with Crippen LogP contribution in [0.5, 0.6) is 5.75 Å². The molecule has 172 valence electrons. The largest absolute Gasteiger partial charge is 0.496 e. The maximum Gasteiger partial charge on any atom is 0.261 e. The standard InChI is InChI=1S/C23H24N4O5S/c1-3-25-23(29)19-13-17(10-11-21(19)32-2)33(30,31)27-20-9-5-4-8-18(20)22(28)26-15-16-7-6-12-24-14-16/h4-14,27H,3,15H2,1-2H3,(H,25,29)(H,26,28). The number of benzene rings is 2. The highest BCUT2D eigenvalue weighted by atomic mass is 32.2. The van der Waals surface area contributed by atoms with Crippen LogP contribution in [0.25, 0.3) is 0 Å². The van der Waals surface area contributed by atoms with Crippen molar-refractivity contribution in [3.63, 3.8) is 0 Å². The Labute approximate surface area is 192 Å². The molecule has 0 atom stereocenters. The molecule has 1 heterocycles. The van der Waals surface area contributed by atoms with Gasteiger partial charge in [-0.15, -0.1) is 0 Å². The van der Waals surface area contributed by atoms with Crippen LogP contribution in [0, 0.1) is 0 Å². The molecule has 0 bridgehead atoms. The second kappa shape index (κ2) is 10.6. The fraction of sp³-hybridized carbons (Fsp3) is 0.174. The van der Waals surface area contributed by atoms with E-state index >= 15 is 0 Å². The number of para-hydroxylation sites is 1. The summed E-state index contributed by atoms with van der Waals surface area (Å²) in [5.41, 5.74) is 1.16. The Hall–Kier alpha value is -3.92. The zero-order valence-corrected chi connectivity index (χ0v) is 19.0. The number of hydrogen-bond donors (Lipinski definition) is 3. The molecule has 10 heteroatoms. The number of sulfonamides is 1. The highest BCUT2D eigenvalue weighted by Gasteiger charge is 2.22. The van der Waals surface area contributed by atoms with Crippen LogP contribution in [0.15, 0.2) is 71.9 Å². The molecule has 2 amide bonds. The molecule has 3 N–H and O–H groups in total. The van der Waals surface area contributed by atoms with Crippen LogP contribution in [0.3, 0.4) is 0 Å². The van der Waals surface area contributed by atoms with E-state index in [1.807, 2.05) is 6.07 Å². The van der Waals surface area contributed by atoms with Crippen molar-refractivity contribution in [3.05, 3.63) is 83.7 Å². The van der Waals surface area contributed by atoms with Gasteiger partial charge in [0.25, 0.3) is 21.8 Å². The lowest BCUT2D eigenvalue weighted by molar-refractivity contribution is 0.0944. The fourth-order valence-electron chi connectivity index (χ4n) is 3.04. The van der Waals surface area contributed by atoms with Crippen LogP contribution in [-0.2, 0) is 16.6 Å². The number of ether oxygens (including phenoxy) is 1. The number of carbonyl (C=O) groups excluding carboxylic acids is 2. The maximum absolute atomic E-state index is 13.1. The van der Waals surface area contributed by atoms with Gasteiger partial charge in [-0.2, -0.15) is 0 Å². The summed E-state index contributed by atoms with van der Waals surface area (Å²) >= 11 is 0. The quantitative estimate of drug-likeness (QED) is 0.443. The number of pyridine rings is 1. The number of nitrogens with zero attached hydrogens (tertiary/aromatic N) is 1. The van der Waals surface area contributed by atoms with Gasteiger partial charge in [0.1, 0.15) is 5.75 Å². The molecule has 2 aromatic carbocycles. The lowest BCUT2D eigenvalue weighted by Crippen LogP contribution is -2.25. The number of methoxy groups -OCH3 is 1. The van der Waals surface area contributed by atoms with Gasteiger partial charge in [0.05, 0.1) is 28.8 Å². The van der Waals surface area contributed by atoms with Gasteiger partial charge in [-0.1, -0.05) is 18.2 Å². The minimum absolute atomic E-state index is 0.0877. The predicted molar refractivity (Wildman–Crippen MR) is 124 cm³/mol. The summed E-state index contributed by atoms with van der Waals surface area (Å²) in [6.07, 6.45) is 3.26. The summed E-state index contributed by atoms with van der Waals surface area (Å²) < 4.78 is 33.8. The number of amides is 2. The number of carbonyl (C=O) groups is 2. The first kappa shape index (κ1) is 23.7. The lowest BCUT2D eigenvalue weighted by atomic mass is 10.1. The smallest absolute Gasteiger partial charge is 0.261 e. The minimum Gasteiger partial charge on any atom is -0.496 e. The molecule has 3 aromatic rings. The zero-order chi connectivity index (χ0) is 23.8. The normalized spacial score (nSPS) is 10.8. The molecule has 1 aromatic heterocycles.